The summed E-state index contributed by atoms with van der Waals surface area (Å²) in [5, 5.41) is 0. The van der Waals surface area contributed by atoms with Crippen LogP contribution in [0.4, 0.5) is 0 Å². The Labute approximate surface area is 112 Å². The molecular weight excluding hydrogens is 228 g/mol. The highest BCUT2D eigenvalue weighted by Crippen LogP contribution is 2.03. The smallest absolute Gasteiger partial charge is 0.305 e. The molecule has 0 heterocycles. The van der Waals surface area contributed by atoms with E-state index in [0.717, 1.165) is 32.3 Å². The van der Waals surface area contributed by atoms with Gasteiger partial charge >= 0.3 is 5.97 Å². The van der Waals surface area contributed by atoms with Crippen molar-refractivity contribution in [3.8, 4) is 0 Å². The predicted molar refractivity (Wildman–Crippen MR) is 74.7 cm³/mol. The second kappa shape index (κ2) is 12.9. The Kier molecular flexibility index (Phi) is 12.5. The molecule has 0 N–H and O–H groups in total. The molecule has 0 bridgehead atoms. The molecule has 3 nitrogen and oxygen atoms in total. The summed E-state index contributed by atoms with van der Waals surface area (Å²) in [7, 11) is 0. The molecule has 0 aliphatic rings. The zero-order valence-electron chi connectivity index (χ0n) is 12.4. The summed E-state index contributed by atoms with van der Waals surface area (Å²) < 4.78 is 10.8. The van der Waals surface area contributed by atoms with Gasteiger partial charge in [0.25, 0.3) is 0 Å². The molecule has 0 amide bonds. The van der Waals surface area contributed by atoms with Crippen molar-refractivity contribution in [2.75, 3.05) is 13.2 Å². The van der Waals surface area contributed by atoms with Crippen LogP contribution in [0.2, 0.25) is 0 Å². The van der Waals surface area contributed by atoms with Gasteiger partial charge in [0, 0.05) is 13.0 Å². The van der Waals surface area contributed by atoms with E-state index in [4.69, 9.17) is 9.47 Å². The summed E-state index contributed by atoms with van der Waals surface area (Å²) in [5.41, 5.74) is 0. The van der Waals surface area contributed by atoms with Crippen molar-refractivity contribution in [1.29, 1.82) is 0 Å². The number of hydrogen-bond donors (Lipinski definition) is 0. The zero-order valence-corrected chi connectivity index (χ0v) is 12.4. The first-order chi connectivity index (χ1) is 8.70. The average molecular weight is 258 g/mol. The minimum atomic E-state index is -0.0927. The van der Waals surface area contributed by atoms with Crippen LogP contribution in [-0.2, 0) is 14.3 Å². The Balaban J connectivity index is 3.34. The Morgan fingerprint density at radius 3 is 2.33 bits per heavy atom. The Hall–Kier alpha value is -0.570. The number of ether oxygens (including phenoxy) is 2. The maximum Gasteiger partial charge on any atom is 0.305 e. The van der Waals surface area contributed by atoms with Gasteiger partial charge in [-0.25, -0.2) is 0 Å². The molecule has 1 atom stereocenters. The molecule has 18 heavy (non-hydrogen) atoms. The second-order valence-corrected chi connectivity index (χ2v) is 4.88. The lowest BCUT2D eigenvalue weighted by molar-refractivity contribution is -0.147. The highest BCUT2D eigenvalue weighted by molar-refractivity contribution is 5.69. The topological polar surface area (TPSA) is 35.5 Å². The SMILES string of the molecule is CCCCCCOC(C)COC(=O)CCCCC. The molecule has 0 saturated heterocycles. The van der Waals surface area contributed by atoms with Crippen molar-refractivity contribution in [1.82, 2.24) is 0 Å². The number of esters is 1. The fraction of sp³-hybridized carbons (Fsp3) is 0.933. The highest BCUT2D eigenvalue weighted by atomic mass is 16.6. The Morgan fingerprint density at radius 1 is 1.00 bits per heavy atom. The van der Waals surface area contributed by atoms with E-state index in [9.17, 15) is 4.79 Å². The molecule has 0 aliphatic heterocycles. The normalized spacial score (nSPS) is 12.4. The molecule has 0 aromatic heterocycles. The minimum Gasteiger partial charge on any atom is -0.463 e. The summed E-state index contributed by atoms with van der Waals surface area (Å²) in [4.78, 5) is 11.4. The van der Waals surface area contributed by atoms with Crippen molar-refractivity contribution in [3.63, 3.8) is 0 Å². The lowest BCUT2D eigenvalue weighted by atomic mass is 10.2. The van der Waals surface area contributed by atoms with E-state index in [1.165, 1.54) is 19.3 Å². The summed E-state index contributed by atoms with van der Waals surface area (Å²) >= 11 is 0. The van der Waals surface area contributed by atoms with Gasteiger partial charge in [-0.3, -0.25) is 4.79 Å². The lowest BCUT2D eigenvalue weighted by Crippen LogP contribution is -2.19. The zero-order chi connectivity index (χ0) is 13.6. The first-order valence-electron chi connectivity index (χ1n) is 7.47. The summed E-state index contributed by atoms with van der Waals surface area (Å²) in [6.07, 6.45) is 8.54. The molecule has 0 aliphatic carbocycles. The van der Waals surface area contributed by atoms with Crippen LogP contribution in [-0.4, -0.2) is 25.3 Å². The minimum absolute atomic E-state index is 0.0155. The fourth-order valence-corrected chi connectivity index (χ4v) is 1.66. The van der Waals surface area contributed by atoms with Gasteiger partial charge in [0.1, 0.15) is 6.61 Å². The van der Waals surface area contributed by atoms with Gasteiger partial charge < -0.3 is 9.47 Å². The van der Waals surface area contributed by atoms with E-state index in [1.807, 2.05) is 6.92 Å². The Morgan fingerprint density at radius 2 is 1.67 bits per heavy atom. The highest BCUT2D eigenvalue weighted by Gasteiger charge is 2.07. The van der Waals surface area contributed by atoms with Crippen LogP contribution in [0, 0.1) is 0 Å². The van der Waals surface area contributed by atoms with E-state index in [1.54, 1.807) is 0 Å². The van der Waals surface area contributed by atoms with Gasteiger partial charge in [0.2, 0.25) is 0 Å². The number of carbonyl (C=O) groups excluding carboxylic acids is 1. The molecule has 0 spiro atoms. The van der Waals surface area contributed by atoms with Crippen LogP contribution in [0.3, 0.4) is 0 Å². The number of carbonyl (C=O) groups is 1. The van der Waals surface area contributed by atoms with Gasteiger partial charge in [0.15, 0.2) is 0 Å². The van der Waals surface area contributed by atoms with E-state index in [2.05, 4.69) is 13.8 Å². The fourth-order valence-electron chi connectivity index (χ4n) is 1.66. The second-order valence-electron chi connectivity index (χ2n) is 4.88. The number of rotatable bonds is 12. The van der Waals surface area contributed by atoms with E-state index in [-0.39, 0.29) is 12.1 Å². The van der Waals surface area contributed by atoms with Crippen molar-refractivity contribution in [2.24, 2.45) is 0 Å². The van der Waals surface area contributed by atoms with Crippen molar-refractivity contribution in [3.05, 3.63) is 0 Å². The van der Waals surface area contributed by atoms with Crippen LogP contribution < -0.4 is 0 Å². The van der Waals surface area contributed by atoms with E-state index >= 15 is 0 Å². The Bertz CT molecular complexity index is 192. The third kappa shape index (κ3) is 11.9. The number of unbranched alkanes of at least 4 members (excludes halogenated alkanes) is 5. The molecule has 0 aromatic rings. The van der Waals surface area contributed by atoms with Crippen LogP contribution in [0.5, 0.6) is 0 Å². The summed E-state index contributed by atoms with van der Waals surface area (Å²) in [5.74, 6) is -0.0927. The van der Waals surface area contributed by atoms with E-state index < -0.39 is 0 Å². The lowest BCUT2D eigenvalue weighted by Gasteiger charge is -2.13. The molecule has 0 aromatic carbocycles. The van der Waals surface area contributed by atoms with Crippen LogP contribution in [0.1, 0.15) is 72.1 Å². The van der Waals surface area contributed by atoms with Crippen molar-refractivity contribution >= 4 is 5.97 Å². The summed E-state index contributed by atoms with van der Waals surface area (Å²) in [6, 6.07) is 0. The van der Waals surface area contributed by atoms with Gasteiger partial charge in [-0.15, -0.1) is 0 Å². The molecule has 1 unspecified atom stereocenters. The quantitative estimate of drug-likeness (QED) is 0.390. The van der Waals surface area contributed by atoms with Crippen molar-refractivity contribution < 1.29 is 14.3 Å². The van der Waals surface area contributed by atoms with Crippen LogP contribution in [0.15, 0.2) is 0 Å². The third-order valence-electron chi connectivity index (χ3n) is 2.86. The molecule has 108 valence electrons. The maximum absolute atomic E-state index is 11.4. The average Bonchev–Trinajstić information content (AvgIpc) is 2.36. The van der Waals surface area contributed by atoms with E-state index in [0.29, 0.717) is 13.0 Å². The first-order valence-corrected chi connectivity index (χ1v) is 7.47. The molecule has 0 fully saturated rings. The summed E-state index contributed by atoms with van der Waals surface area (Å²) in [6.45, 7) is 7.44. The molecule has 0 saturated carbocycles. The van der Waals surface area contributed by atoms with Gasteiger partial charge in [-0.2, -0.15) is 0 Å². The molecule has 0 rings (SSSR count). The van der Waals surface area contributed by atoms with Crippen LogP contribution in [0.25, 0.3) is 0 Å². The standard InChI is InChI=1S/C15H30O3/c1-4-6-8-10-12-17-14(3)13-18-15(16)11-9-7-5-2/h14H,4-13H2,1-3H3. The van der Waals surface area contributed by atoms with Crippen molar-refractivity contribution in [2.45, 2.75) is 78.2 Å². The van der Waals surface area contributed by atoms with Gasteiger partial charge in [-0.1, -0.05) is 46.0 Å². The third-order valence-corrected chi connectivity index (χ3v) is 2.86. The number of hydrogen-bond acceptors (Lipinski definition) is 3. The maximum atomic E-state index is 11.4. The molecular formula is C15H30O3. The predicted octanol–water partition coefficient (Wildman–Crippen LogP) is 4.10. The largest absolute Gasteiger partial charge is 0.463 e. The monoisotopic (exact) mass is 258 g/mol. The first kappa shape index (κ1) is 17.4. The van der Waals surface area contributed by atoms with Gasteiger partial charge in [0.05, 0.1) is 6.10 Å². The van der Waals surface area contributed by atoms with Gasteiger partial charge in [-0.05, 0) is 19.8 Å². The molecule has 3 heteroatoms. The molecule has 0 radical (unpaired) electrons. The van der Waals surface area contributed by atoms with Crippen LogP contribution >= 0.6 is 0 Å².